The number of hydrogen-bond acceptors (Lipinski definition) is 4. The molecule has 0 bridgehead atoms. The first kappa shape index (κ1) is 17.5. The van der Waals surface area contributed by atoms with Gasteiger partial charge in [0.15, 0.2) is 0 Å². The molecule has 0 spiro atoms. The Morgan fingerprint density at radius 3 is 2.46 bits per heavy atom. The highest BCUT2D eigenvalue weighted by molar-refractivity contribution is 7.13. The number of nitrogens with one attached hydrogen (secondary N) is 2. The number of hydrogen-bond donors (Lipinski definition) is 2. The van der Waals surface area contributed by atoms with Crippen molar-refractivity contribution in [2.75, 3.05) is 0 Å². The fourth-order valence-electron chi connectivity index (χ4n) is 2.07. The summed E-state index contributed by atoms with van der Waals surface area (Å²) < 4.78 is 13.0. The zero-order valence-electron chi connectivity index (χ0n) is 13.5. The third-order valence-corrected chi connectivity index (χ3v) is 4.26. The van der Waals surface area contributed by atoms with Crippen LogP contribution in [0.25, 0.3) is 16.6 Å². The van der Waals surface area contributed by atoms with E-state index in [1.807, 2.05) is 0 Å². The van der Waals surface area contributed by atoms with Crippen LogP contribution in [0.2, 0.25) is 0 Å². The number of halogens is 1. The highest BCUT2D eigenvalue weighted by Gasteiger charge is 2.06. The summed E-state index contributed by atoms with van der Waals surface area (Å²) in [6.45, 7) is 0. The SMILES string of the molecule is O=C(/C=C/c1csc(-c2ccc(F)cc2)n1)NNC(=O)c1ccccc1. The molecule has 3 rings (SSSR count). The second kappa shape index (κ2) is 8.17. The lowest BCUT2D eigenvalue weighted by molar-refractivity contribution is -0.117. The molecule has 0 atom stereocenters. The van der Waals surface area contributed by atoms with Gasteiger partial charge in [-0.3, -0.25) is 20.4 Å². The molecule has 0 aliphatic carbocycles. The predicted molar refractivity (Wildman–Crippen MR) is 98.6 cm³/mol. The fourth-order valence-corrected chi connectivity index (χ4v) is 2.86. The van der Waals surface area contributed by atoms with Gasteiger partial charge in [0, 0.05) is 22.6 Å². The van der Waals surface area contributed by atoms with Crippen LogP contribution >= 0.6 is 11.3 Å². The van der Waals surface area contributed by atoms with Crippen LogP contribution in [0.1, 0.15) is 16.1 Å². The molecule has 0 aliphatic rings. The second-order valence-electron chi connectivity index (χ2n) is 5.23. The maximum absolute atomic E-state index is 13.0. The Labute approximate surface area is 153 Å². The molecule has 2 aromatic carbocycles. The Hall–Kier alpha value is -3.32. The highest BCUT2D eigenvalue weighted by Crippen LogP contribution is 2.24. The number of nitrogens with zero attached hydrogens (tertiary/aromatic N) is 1. The average Bonchev–Trinajstić information content (AvgIpc) is 3.14. The molecule has 26 heavy (non-hydrogen) atoms. The van der Waals surface area contributed by atoms with Crippen molar-refractivity contribution in [1.29, 1.82) is 0 Å². The van der Waals surface area contributed by atoms with Crippen molar-refractivity contribution in [1.82, 2.24) is 15.8 Å². The second-order valence-corrected chi connectivity index (χ2v) is 6.09. The molecule has 2 amide bonds. The Morgan fingerprint density at radius 1 is 1.00 bits per heavy atom. The topological polar surface area (TPSA) is 71.1 Å². The summed E-state index contributed by atoms with van der Waals surface area (Å²) in [5.74, 6) is -1.19. The molecule has 2 N–H and O–H groups in total. The van der Waals surface area contributed by atoms with Gasteiger partial charge in [-0.1, -0.05) is 18.2 Å². The summed E-state index contributed by atoms with van der Waals surface area (Å²) >= 11 is 1.39. The van der Waals surface area contributed by atoms with E-state index in [0.29, 0.717) is 11.3 Å². The van der Waals surface area contributed by atoms with E-state index < -0.39 is 11.8 Å². The number of aromatic nitrogens is 1. The summed E-state index contributed by atoms with van der Waals surface area (Å²) in [6.07, 6.45) is 2.81. The van der Waals surface area contributed by atoms with E-state index in [1.165, 1.54) is 35.6 Å². The Kier molecular flexibility index (Phi) is 5.50. The molecular formula is C19H14FN3O2S. The van der Waals surface area contributed by atoms with Crippen LogP contribution in [0, 0.1) is 5.82 Å². The van der Waals surface area contributed by atoms with Gasteiger partial charge < -0.3 is 0 Å². The summed E-state index contributed by atoms with van der Waals surface area (Å²) in [4.78, 5) is 28.0. The molecule has 0 radical (unpaired) electrons. The number of rotatable bonds is 4. The van der Waals surface area contributed by atoms with Crippen molar-refractivity contribution in [2.24, 2.45) is 0 Å². The van der Waals surface area contributed by atoms with Crippen LogP contribution in [-0.2, 0) is 4.79 Å². The molecule has 1 aromatic heterocycles. The van der Waals surface area contributed by atoms with Crippen molar-refractivity contribution < 1.29 is 14.0 Å². The van der Waals surface area contributed by atoms with Gasteiger partial charge >= 0.3 is 0 Å². The predicted octanol–water partition coefficient (Wildman–Crippen LogP) is 3.42. The van der Waals surface area contributed by atoms with Gasteiger partial charge in [0.2, 0.25) is 0 Å². The van der Waals surface area contributed by atoms with Crippen LogP contribution < -0.4 is 10.9 Å². The molecule has 0 saturated carbocycles. The van der Waals surface area contributed by atoms with E-state index in [2.05, 4.69) is 15.8 Å². The fraction of sp³-hybridized carbons (Fsp3) is 0. The largest absolute Gasteiger partial charge is 0.269 e. The van der Waals surface area contributed by atoms with Gasteiger partial charge in [0.1, 0.15) is 10.8 Å². The van der Waals surface area contributed by atoms with Crippen molar-refractivity contribution in [3.63, 3.8) is 0 Å². The van der Waals surface area contributed by atoms with Crippen LogP contribution in [0.15, 0.2) is 66.1 Å². The molecule has 0 unspecified atom stereocenters. The van der Waals surface area contributed by atoms with Crippen LogP contribution in [0.3, 0.4) is 0 Å². The van der Waals surface area contributed by atoms with Gasteiger partial charge in [-0.25, -0.2) is 9.37 Å². The van der Waals surface area contributed by atoms with Gasteiger partial charge in [-0.2, -0.15) is 0 Å². The summed E-state index contributed by atoms with van der Waals surface area (Å²) in [7, 11) is 0. The molecule has 7 heteroatoms. The lowest BCUT2D eigenvalue weighted by atomic mass is 10.2. The van der Waals surface area contributed by atoms with Gasteiger partial charge in [-0.05, 0) is 42.5 Å². The zero-order valence-corrected chi connectivity index (χ0v) is 14.3. The molecule has 0 fully saturated rings. The highest BCUT2D eigenvalue weighted by atomic mass is 32.1. The molecule has 130 valence electrons. The number of amides is 2. The lowest BCUT2D eigenvalue weighted by Gasteiger charge is -2.04. The zero-order chi connectivity index (χ0) is 18.4. The molecule has 3 aromatic rings. The minimum Gasteiger partial charge on any atom is -0.268 e. The van der Waals surface area contributed by atoms with Gasteiger partial charge in [0.25, 0.3) is 11.8 Å². The van der Waals surface area contributed by atoms with Crippen molar-refractivity contribution in [2.45, 2.75) is 0 Å². The van der Waals surface area contributed by atoms with Gasteiger partial charge in [0.05, 0.1) is 5.69 Å². The molecule has 5 nitrogen and oxygen atoms in total. The first-order valence-corrected chi connectivity index (χ1v) is 8.55. The summed E-state index contributed by atoms with van der Waals surface area (Å²) in [5, 5.41) is 2.51. The maximum Gasteiger partial charge on any atom is 0.269 e. The van der Waals surface area contributed by atoms with E-state index in [9.17, 15) is 14.0 Å². The smallest absolute Gasteiger partial charge is 0.268 e. The summed E-state index contributed by atoms with van der Waals surface area (Å²) in [6, 6.07) is 14.6. The number of hydrazine groups is 1. The Bertz CT molecular complexity index is 937. The number of benzene rings is 2. The Morgan fingerprint density at radius 2 is 1.73 bits per heavy atom. The van der Waals surface area contributed by atoms with Crippen LogP contribution in [-0.4, -0.2) is 16.8 Å². The van der Waals surface area contributed by atoms with Crippen LogP contribution in [0.4, 0.5) is 4.39 Å². The first-order valence-electron chi connectivity index (χ1n) is 7.67. The lowest BCUT2D eigenvalue weighted by Crippen LogP contribution is -2.40. The molecule has 0 saturated heterocycles. The van der Waals surface area contributed by atoms with Crippen molar-refractivity contribution >= 4 is 29.2 Å². The van der Waals surface area contributed by atoms with E-state index in [1.54, 1.807) is 47.8 Å². The Balaban J connectivity index is 1.55. The average molecular weight is 367 g/mol. The number of carbonyl (C=O) groups excluding carboxylic acids is 2. The maximum atomic E-state index is 13.0. The third-order valence-electron chi connectivity index (χ3n) is 3.35. The van der Waals surface area contributed by atoms with E-state index in [-0.39, 0.29) is 5.82 Å². The van der Waals surface area contributed by atoms with Crippen LogP contribution in [0.5, 0.6) is 0 Å². The van der Waals surface area contributed by atoms with E-state index >= 15 is 0 Å². The standard InChI is InChI=1S/C19H14FN3O2S/c20-15-8-6-14(7-9-15)19-21-16(12-26-19)10-11-17(24)22-23-18(25)13-4-2-1-3-5-13/h1-12H,(H,22,24)(H,23,25)/b11-10+. The quantitative estimate of drug-likeness (QED) is 0.548. The minimum absolute atomic E-state index is 0.306. The third kappa shape index (κ3) is 4.61. The minimum atomic E-state index is -0.481. The molecule has 0 aliphatic heterocycles. The first-order chi connectivity index (χ1) is 12.6. The normalized spacial score (nSPS) is 10.7. The van der Waals surface area contributed by atoms with E-state index in [0.717, 1.165) is 10.6 Å². The van der Waals surface area contributed by atoms with Crippen molar-refractivity contribution in [3.8, 4) is 10.6 Å². The number of carbonyl (C=O) groups is 2. The van der Waals surface area contributed by atoms with Crippen molar-refractivity contribution in [3.05, 3.63) is 83.1 Å². The number of thiazole rings is 1. The summed E-state index contributed by atoms with van der Waals surface area (Å²) in [5.41, 5.74) is 6.48. The molecular weight excluding hydrogens is 353 g/mol. The van der Waals surface area contributed by atoms with Gasteiger partial charge in [-0.15, -0.1) is 11.3 Å². The molecule has 1 heterocycles. The van der Waals surface area contributed by atoms with E-state index in [4.69, 9.17) is 0 Å². The monoisotopic (exact) mass is 367 g/mol.